The van der Waals surface area contributed by atoms with Gasteiger partial charge < -0.3 is 9.47 Å². The number of likely N-dealkylation sites (tertiary alicyclic amines) is 1. The highest BCUT2D eigenvalue weighted by molar-refractivity contribution is 7.92. The van der Waals surface area contributed by atoms with E-state index in [4.69, 9.17) is 0 Å². The molecular formula is C28H34FN3O3S. The van der Waals surface area contributed by atoms with Gasteiger partial charge in [-0.05, 0) is 85.5 Å². The lowest BCUT2D eigenvalue weighted by molar-refractivity contribution is -0.137. The van der Waals surface area contributed by atoms with Crippen molar-refractivity contribution >= 4 is 32.5 Å². The number of nitrogens with zero attached hydrogens (tertiary/aromatic N) is 2. The number of halogens is 1. The second-order valence-electron chi connectivity index (χ2n) is 10.4. The summed E-state index contributed by atoms with van der Waals surface area (Å²) in [4.78, 5) is 15.2. The average Bonchev–Trinajstić information content (AvgIpc) is 3.52. The molecule has 1 aromatic heterocycles. The summed E-state index contributed by atoms with van der Waals surface area (Å²) in [5.41, 5.74) is 2.69. The lowest BCUT2D eigenvalue weighted by atomic mass is 9.87. The minimum absolute atomic E-state index is 0.0150. The van der Waals surface area contributed by atoms with E-state index in [0.717, 1.165) is 49.0 Å². The van der Waals surface area contributed by atoms with Crippen LogP contribution in [0.2, 0.25) is 0 Å². The third-order valence-electron chi connectivity index (χ3n) is 8.14. The summed E-state index contributed by atoms with van der Waals surface area (Å²) in [5, 5.41) is 1.01. The molecule has 6 nitrogen and oxygen atoms in total. The topological polar surface area (TPSA) is 71.4 Å². The van der Waals surface area contributed by atoms with Crippen LogP contribution in [0.15, 0.2) is 53.6 Å². The van der Waals surface area contributed by atoms with Crippen LogP contribution in [0.5, 0.6) is 0 Å². The number of sulfonamides is 1. The Bertz CT molecular complexity index is 1350. The van der Waals surface area contributed by atoms with Crippen LogP contribution in [0.3, 0.4) is 0 Å². The van der Waals surface area contributed by atoms with Crippen molar-refractivity contribution in [3.8, 4) is 0 Å². The van der Waals surface area contributed by atoms with Crippen molar-refractivity contribution in [3.63, 3.8) is 0 Å². The van der Waals surface area contributed by atoms with Crippen molar-refractivity contribution in [3.05, 3.63) is 60.0 Å². The molecule has 1 saturated heterocycles. The molecule has 0 spiro atoms. The maximum atomic E-state index is 13.2. The molecule has 1 amide bonds. The molecule has 8 heteroatoms. The predicted octanol–water partition coefficient (Wildman–Crippen LogP) is 5.65. The zero-order valence-electron chi connectivity index (χ0n) is 20.9. The maximum absolute atomic E-state index is 13.2. The summed E-state index contributed by atoms with van der Waals surface area (Å²) in [6.45, 7) is 3.62. The Balaban J connectivity index is 1.32. The van der Waals surface area contributed by atoms with E-state index in [1.807, 2.05) is 24.1 Å². The Morgan fingerprint density at radius 1 is 1.03 bits per heavy atom. The van der Waals surface area contributed by atoms with Crippen molar-refractivity contribution in [2.24, 2.45) is 18.9 Å². The van der Waals surface area contributed by atoms with E-state index >= 15 is 0 Å². The van der Waals surface area contributed by atoms with Gasteiger partial charge in [-0.25, -0.2) is 12.8 Å². The number of anilines is 1. The zero-order chi connectivity index (χ0) is 25.4. The fraction of sp³-hybridized carbons (Fsp3) is 0.464. The predicted molar refractivity (Wildman–Crippen MR) is 140 cm³/mol. The highest BCUT2D eigenvalue weighted by Gasteiger charge is 2.32. The minimum Gasteiger partial charge on any atom is -0.350 e. The standard InChI is InChI=1S/C28H34FN3O3S/c1-19(20-5-3-4-6-20)28(33)32-15-13-21(14-16-32)26-18-31(2)27-12-9-23(17-25(26)27)30-36(34,35)24-10-7-22(29)8-11-24/h7-12,17-21,30H,3-6,13-16H2,1-2H3/t19-/m1/s1. The van der Waals surface area contributed by atoms with Gasteiger partial charge in [0.25, 0.3) is 10.0 Å². The summed E-state index contributed by atoms with van der Waals surface area (Å²) in [5.74, 6) is 0.771. The van der Waals surface area contributed by atoms with Gasteiger partial charge in [0.05, 0.1) is 4.90 Å². The molecule has 2 fully saturated rings. The summed E-state index contributed by atoms with van der Waals surface area (Å²) < 4.78 is 43.6. The molecular weight excluding hydrogens is 477 g/mol. The number of piperidine rings is 1. The first-order chi connectivity index (χ1) is 17.2. The number of aryl methyl sites for hydroxylation is 1. The normalized spacial score (nSPS) is 18.6. The zero-order valence-corrected chi connectivity index (χ0v) is 21.7. The Labute approximate surface area is 212 Å². The molecule has 192 valence electrons. The molecule has 2 aliphatic rings. The molecule has 2 heterocycles. The minimum atomic E-state index is -3.83. The summed E-state index contributed by atoms with van der Waals surface area (Å²) in [7, 11) is -1.83. The van der Waals surface area contributed by atoms with E-state index in [1.165, 1.54) is 43.4 Å². The van der Waals surface area contributed by atoms with Gasteiger partial charge in [0.1, 0.15) is 5.82 Å². The number of carbonyl (C=O) groups is 1. The van der Waals surface area contributed by atoms with Gasteiger partial charge in [-0.15, -0.1) is 0 Å². The molecule has 1 N–H and O–H groups in total. The van der Waals surface area contributed by atoms with Gasteiger partial charge in [0, 0.05) is 48.8 Å². The number of aromatic nitrogens is 1. The van der Waals surface area contributed by atoms with Crippen LogP contribution in [0.1, 0.15) is 56.9 Å². The van der Waals surface area contributed by atoms with Gasteiger partial charge in [-0.2, -0.15) is 0 Å². The van der Waals surface area contributed by atoms with Crippen molar-refractivity contribution in [1.82, 2.24) is 9.47 Å². The van der Waals surface area contributed by atoms with Crippen molar-refractivity contribution in [2.45, 2.75) is 56.3 Å². The quantitative estimate of drug-likeness (QED) is 0.465. The van der Waals surface area contributed by atoms with Crippen LogP contribution in [0.4, 0.5) is 10.1 Å². The summed E-state index contributed by atoms with van der Waals surface area (Å²) in [6, 6.07) is 10.3. The van der Waals surface area contributed by atoms with Crippen LogP contribution in [-0.2, 0) is 21.9 Å². The number of rotatable bonds is 6. The molecule has 0 unspecified atom stereocenters. The first-order valence-corrected chi connectivity index (χ1v) is 14.4. The van der Waals surface area contributed by atoms with E-state index < -0.39 is 15.8 Å². The van der Waals surface area contributed by atoms with E-state index in [2.05, 4.69) is 22.4 Å². The molecule has 0 bridgehead atoms. The van der Waals surface area contributed by atoms with Gasteiger partial charge in [-0.3, -0.25) is 9.52 Å². The number of hydrogen-bond acceptors (Lipinski definition) is 3. The third-order valence-corrected chi connectivity index (χ3v) is 9.54. The van der Waals surface area contributed by atoms with Gasteiger partial charge >= 0.3 is 0 Å². The lowest BCUT2D eigenvalue weighted by Crippen LogP contribution is -2.42. The summed E-state index contributed by atoms with van der Waals surface area (Å²) >= 11 is 0. The number of hydrogen-bond donors (Lipinski definition) is 1. The van der Waals surface area contributed by atoms with Crippen molar-refractivity contribution in [1.29, 1.82) is 0 Å². The summed E-state index contributed by atoms with van der Waals surface area (Å²) in [6.07, 6.45) is 8.76. The van der Waals surface area contributed by atoms with Gasteiger partial charge in [-0.1, -0.05) is 19.8 Å². The Kier molecular flexibility index (Phi) is 6.81. The second kappa shape index (κ2) is 9.88. The van der Waals surface area contributed by atoms with E-state index in [-0.39, 0.29) is 10.8 Å². The van der Waals surface area contributed by atoms with E-state index in [1.54, 1.807) is 6.07 Å². The Morgan fingerprint density at radius 3 is 2.36 bits per heavy atom. The monoisotopic (exact) mass is 511 g/mol. The number of benzene rings is 2. The molecule has 1 aliphatic carbocycles. The highest BCUT2D eigenvalue weighted by Crippen LogP contribution is 2.37. The molecule has 1 atom stereocenters. The van der Waals surface area contributed by atoms with Gasteiger partial charge in [0.2, 0.25) is 5.91 Å². The van der Waals surface area contributed by atoms with E-state index in [9.17, 15) is 17.6 Å². The van der Waals surface area contributed by atoms with Crippen LogP contribution in [0.25, 0.3) is 10.9 Å². The maximum Gasteiger partial charge on any atom is 0.261 e. The number of amides is 1. The Morgan fingerprint density at radius 2 is 1.69 bits per heavy atom. The first-order valence-electron chi connectivity index (χ1n) is 12.9. The number of carbonyl (C=O) groups excluding carboxylic acids is 1. The molecule has 36 heavy (non-hydrogen) atoms. The van der Waals surface area contributed by atoms with Crippen molar-refractivity contribution in [2.75, 3.05) is 17.8 Å². The van der Waals surface area contributed by atoms with Crippen LogP contribution >= 0.6 is 0 Å². The fourth-order valence-electron chi connectivity index (χ4n) is 6.00. The van der Waals surface area contributed by atoms with Gasteiger partial charge in [0.15, 0.2) is 0 Å². The molecule has 5 rings (SSSR count). The average molecular weight is 512 g/mol. The molecule has 1 saturated carbocycles. The third kappa shape index (κ3) is 4.88. The smallest absolute Gasteiger partial charge is 0.261 e. The fourth-order valence-corrected chi connectivity index (χ4v) is 7.05. The highest BCUT2D eigenvalue weighted by atomic mass is 32.2. The molecule has 3 aromatic rings. The van der Waals surface area contributed by atoms with Crippen LogP contribution in [0, 0.1) is 17.7 Å². The Hall–Kier alpha value is -2.87. The number of fused-ring (bicyclic) bond motifs is 1. The molecule has 1 aliphatic heterocycles. The van der Waals surface area contributed by atoms with Crippen molar-refractivity contribution < 1.29 is 17.6 Å². The molecule has 0 radical (unpaired) electrons. The SMILES string of the molecule is C[C@@H](C(=O)N1CCC(c2cn(C)c3ccc(NS(=O)(=O)c4ccc(F)cc4)cc23)CC1)C1CCCC1. The second-order valence-corrected chi connectivity index (χ2v) is 12.1. The van der Waals surface area contributed by atoms with Crippen LogP contribution in [-0.4, -0.2) is 36.9 Å². The lowest BCUT2D eigenvalue weighted by Gasteiger charge is -2.35. The first kappa shape index (κ1) is 24.8. The number of nitrogens with one attached hydrogen (secondary N) is 1. The van der Waals surface area contributed by atoms with E-state index in [0.29, 0.717) is 23.4 Å². The van der Waals surface area contributed by atoms with Crippen LogP contribution < -0.4 is 4.72 Å². The molecule has 2 aromatic carbocycles. The largest absolute Gasteiger partial charge is 0.350 e.